The van der Waals surface area contributed by atoms with E-state index >= 15 is 0 Å². The van der Waals surface area contributed by atoms with Crippen molar-refractivity contribution in [2.45, 2.75) is 58.3 Å². The predicted molar refractivity (Wildman–Crippen MR) is 93.3 cm³/mol. The summed E-state index contributed by atoms with van der Waals surface area (Å²) in [4.78, 5) is 47.3. The Morgan fingerprint density at radius 3 is 2.09 bits per heavy atom. The molecule has 0 aromatic rings. The Balaban J connectivity index is 2.47. The number of piperidine rings is 1. The number of amides is 1. The van der Waals surface area contributed by atoms with Crippen LogP contribution in [-0.4, -0.2) is 44.5 Å². The summed E-state index contributed by atoms with van der Waals surface area (Å²) in [5, 5.41) is 8.58. The molecule has 0 unspecified atom stereocenters. The van der Waals surface area contributed by atoms with E-state index in [1.807, 2.05) is 0 Å². The normalized spacial score (nSPS) is 16.9. The van der Waals surface area contributed by atoms with Gasteiger partial charge in [-0.15, -0.1) is 0 Å². The van der Waals surface area contributed by atoms with Crippen LogP contribution in [-0.2, 0) is 19.2 Å². The molecule has 130 valence electrons. The summed E-state index contributed by atoms with van der Waals surface area (Å²) >= 11 is 1.77. The molecule has 6 nitrogen and oxygen atoms in total. The largest absolute Gasteiger partial charge is 0.481 e. The quantitative estimate of drug-likeness (QED) is 0.340. The van der Waals surface area contributed by atoms with Crippen molar-refractivity contribution < 1.29 is 24.3 Å². The fraction of sp³-hybridized carbons (Fsp3) is 0.750. The number of carboxylic acids is 1. The van der Waals surface area contributed by atoms with E-state index < -0.39 is 5.97 Å². The van der Waals surface area contributed by atoms with Crippen LogP contribution in [0.15, 0.2) is 0 Å². The maximum absolute atomic E-state index is 12.1. The number of hydrogen-bond donors (Lipinski definition) is 1. The Hall–Kier alpha value is -0.990. The van der Waals surface area contributed by atoms with Crippen LogP contribution in [0.2, 0.25) is 0 Å². The summed E-state index contributed by atoms with van der Waals surface area (Å²) in [5.74, 6) is -0.725. The number of carbonyl (C=O) groups excluding carboxylic acids is 3. The van der Waals surface area contributed by atoms with Gasteiger partial charge in [0.2, 0.25) is 5.91 Å². The second-order valence-corrected chi connectivity index (χ2v) is 7.60. The third-order valence-electron chi connectivity index (χ3n) is 4.35. The van der Waals surface area contributed by atoms with Gasteiger partial charge in [0, 0.05) is 38.8 Å². The first-order chi connectivity index (χ1) is 10.7. The highest BCUT2D eigenvalue weighted by Gasteiger charge is 2.37. The van der Waals surface area contributed by atoms with E-state index in [-0.39, 0.29) is 27.3 Å². The van der Waals surface area contributed by atoms with E-state index in [2.05, 4.69) is 0 Å². The minimum absolute atomic E-state index is 0.0348. The van der Waals surface area contributed by atoms with Gasteiger partial charge in [0.15, 0.2) is 3.79 Å². The molecule has 1 heterocycles. The second-order valence-electron chi connectivity index (χ2n) is 6.39. The molecule has 0 spiro atoms. The summed E-state index contributed by atoms with van der Waals surface area (Å²) in [5.41, 5.74) is -0.301. The summed E-state index contributed by atoms with van der Waals surface area (Å²) in [6, 6.07) is 0. The van der Waals surface area contributed by atoms with Gasteiger partial charge in [-0.25, -0.2) is 0 Å². The van der Waals surface area contributed by atoms with Crippen LogP contribution in [0.4, 0.5) is 0 Å². The lowest BCUT2D eigenvalue weighted by Gasteiger charge is -2.41. The van der Waals surface area contributed by atoms with Gasteiger partial charge in [-0.1, -0.05) is 0 Å². The molecule has 0 aliphatic carbocycles. The summed E-state index contributed by atoms with van der Waals surface area (Å²) in [6.45, 7) is 2.67. The van der Waals surface area contributed by atoms with Crippen molar-refractivity contribution in [3.05, 3.63) is 0 Å². The molecule has 0 aromatic carbocycles. The molecular weight excluding hydrogens is 413 g/mol. The Morgan fingerprint density at radius 1 is 1.04 bits per heavy atom. The number of aliphatic carboxylic acids is 1. The minimum Gasteiger partial charge on any atom is -0.481 e. The van der Waals surface area contributed by atoms with Crippen LogP contribution < -0.4 is 0 Å². The summed E-state index contributed by atoms with van der Waals surface area (Å²) in [6.07, 6.45) is 3.64. The zero-order valence-electron chi connectivity index (χ0n) is 13.5. The van der Waals surface area contributed by atoms with Crippen LogP contribution in [0.5, 0.6) is 0 Å². The third kappa shape index (κ3) is 7.41. The van der Waals surface area contributed by atoms with E-state index in [1.165, 1.54) is 0 Å². The first-order valence-corrected chi connectivity index (χ1v) is 8.99. The number of Topliss-reactive ketones (excluding diaryl/α,β-unsaturated/α-hetero) is 1. The first-order valence-electron chi connectivity index (χ1n) is 7.91. The topological polar surface area (TPSA) is 91.8 Å². The molecule has 0 aromatic heterocycles. The van der Waals surface area contributed by atoms with Crippen LogP contribution in [0.25, 0.3) is 0 Å². The van der Waals surface area contributed by atoms with Crippen LogP contribution in [0, 0.1) is 5.41 Å². The molecule has 1 aliphatic heterocycles. The molecule has 1 rings (SSSR count). The average molecular weight is 437 g/mol. The van der Waals surface area contributed by atoms with Crippen molar-refractivity contribution >= 4 is 44.0 Å². The van der Waals surface area contributed by atoms with Crippen LogP contribution in [0.1, 0.15) is 58.3 Å². The highest BCUT2D eigenvalue weighted by molar-refractivity contribution is 14.1. The molecule has 1 fully saturated rings. The number of rotatable bonds is 9. The van der Waals surface area contributed by atoms with Crippen LogP contribution >= 0.6 is 22.6 Å². The van der Waals surface area contributed by atoms with Gasteiger partial charge in [0.25, 0.3) is 0 Å². The molecule has 0 bridgehead atoms. The second kappa shape index (κ2) is 9.34. The monoisotopic (exact) mass is 437 g/mol. The van der Waals surface area contributed by atoms with Gasteiger partial charge in [-0.05, 0) is 60.6 Å². The predicted octanol–water partition coefficient (Wildman–Crippen LogP) is 2.57. The lowest BCUT2D eigenvalue weighted by atomic mass is 9.72. The standard InChI is InChI=1S/C16H24INO5/c1-12(19)10-16(11-13(17)20)6-8-18(9-7-16)14(21)4-2-3-5-15(22)23/h2-11H2,1H3,(H,22,23). The highest BCUT2D eigenvalue weighted by Crippen LogP contribution is 2.39. The number of likely N-dealkylation sites (tertiary alicyclic amines) is 1. The number of unbranched alkanes of at least 4 members (excludes halogenated alkanes) is 1. The van der Waals surface area contributed by atoms with E-state index in [1.54, 1.807) is 34.4 Å². The van der Waals surface area contributed by atoms with Crippen molar-refractivity contribution in [1.29, 1.82) is 0 Å². The molecule has 1 N–H and O–H groups in total. The van der Waals surface area contributed by atoms with Gasteiger partial charge in [0.1, 0.15) is 5.78 Å². The van der Waals surface area contributed by atoms with Gasteiger partial charge < -0.3 is 14.8 Å². The first kappa shape index (κ1) is 20.1. The summed E-state index contributed by atoms with van der Waals surface area (Å²) in [7, 11) is 0. The fourth-order valence-corrected chi connectivity index (χ4v) is 3.99. The van der Waals surface area contributed by atoms with Crippen molar-refractivity contribution in [3.8, 4) is 0 Å². The number of nitrogens with zero attached hydrogens (tertiary/aromatic N) is 1. The third-order valence-corrected chi connectivity index (χ3v) is 4.73. The van der Waals surface area contributed by atoms with E-state index in [0.29, 0.717) is 58.0 Å². The summed E-state index contributed by atoms with van der Waals surface area (Å²) < 4.78 is 0.0531. The molecule has 23 heavy (non-hydrogen) atoms. The Morgan fingerprint density at radius 2 is 1.61 bits per heavy atom. The highest BCUT2D eigenvalue weighted by atomic mass is 127. The number of hydrogen-bond acceptors (Lipinski definition) is 4. The zero-order valence-corrected chi connectivity index (χ0v) is 15.6. The molecule has 1 saturated heterocycles. The van der Waals surface area contributed by atoms with E-state index in [0.717, 1.165) is 0 Å². The Labute approximate surface area is 150 Å². The molecule has 1 amide bonds. The smallest absolute Gasteiger partial charge is 0.303 e. The molecule has 7 heteroatoms. The lowest BCUT2D eigenvalue weighted by molar-refractivity contribution is -0.138. The van der Waals surface area contributed by atoms with Crippen molar-refractivity contribution in [2.75, 3.05) is 13.1 Å². The number of carbonyl (C=O) groups is 4. The molecule has 0 saturated carbocycles. The molecule has 0 atom stereocenters. The molecule has 1 aliphatic rings. The fourth-order valence-electron chi connectivity index (χ4n) is 3.18. The maximum Gasteiger partial charge on any atom is 0.303 e. The Bertz CT molecular complexity index is 451. The van der Waals surface area contributed by atoms with E-state index in [4.69, 9.17) is 5.11 Å². The van der Waals surface area contributed by atoms with Gasteiger partial charge in [0.05, 0.1) is 0 Å². The minimum atomic E-state index is -0.840. The average Bonchev–Trinajstić information content (AvgIpc) is 2.42. The molecular formula is C16H24INO5. The van der Waals surface area contributed by atoms with Gasteiger partial charge in [-0.2, -0.15) is 0 Å². The zero-order chi connectivity index (χ0) is 17.5. The van der Waals surface area contributed by atoms with Crippen molar-refractivity contribution in [2.24, 2.45) is 5.41 Å². The van der Waals surface area contributed by atoms with Gasteiger partial charge in [-0.3, -0.25) is 14.4 Å². The maximum atomic E-state index is 12.1. The molecule has 0 radical (unpaired) electrons. The number of carboxylic acid groups (broad SMARTS) is 1. The lowest BCUT2D eigenvalue weighted by Crippen LogP contribution is -2.44. The SMILES string of the molecule is CC(=O)CC1(CC(=O)I)CCN(C(=O)CCCCC(=O)O)CC1. The Kier molecular flexibility index (Phi) is 8.15. The van der Waals surface area contributed by atoms with Crippen molar-refractivity contribution in [1.82, 2.24) is 4.90 Å². The number of ketones is 1. The number of halogens is 1. The van der Waals surface area contributed by atoms with E-state index in [9.17, 15) is 19.2 Å². The van der Waals surface area contributed by atoms with Crippen LogP contribution in [0.3, 0.4) is 0 Å². The van der Waals surface area contributed by atoms with Gasteiger partial charge >= 0.3 is 5.97 Å². The van der Waals surface area contributed by atoms with Crippen molar-refractivity contribution in [3.63, 3.8) is 0 Å².